The normalized spacial score (nSPS) is 30.8. The maximum absolute atomic E-state index is 6.04. The van der Waals surface area contributed by atoms with Gasteiger partial charge >= 0.3 is 0 Å². The molecule has 1 aliphatic rings. The zero-order valence-corrected chi connectivity index (χ0v) is 9.29. The van der Waals surface area contributed by atoms with Gasteiger partial charge in [-0.15, -0.1) is 0 Å². The Morgan fingerprint density at radius 1 is 1.23 bits per heavy atom. The molecule has 1 aliphatic carbocycles. The fraction of sp³-hybridized carbons (Fsp3) is 1.00. The number of nitrogens with zero attached hydrogens (tertiary/aromatic N) is 1. The molecule has 2 atom stereocenters. The first-order valence-electron chi connectivity index (χ1n) is 5.58. The van der Waals surface area contributed by atoms with Gasteiger partial charge < -0.3 is 4.90 Å². The average molecular weight is 179 g/mol. The molecule has 0 aromatic carbocycles. The van der Waals surface area contributed by atoms with Crippen molar-refractivity contribution in [1.82, 2.24) is 4.90 Å². The highest BCUT2D eigenvalue weighted by molar-refractivity contribution is 6.11. The lowest BCUT2D eigenvalue weighted by atomic mass is 9.80. The van der Waals surface area contributed by atoms with Crippen molar-refractivity contribution in [2.24, 2.45) is 0 Å². The Balaban J connectivity index is 2.47. The van der Waals surface area contributed by atoms with E-state index in [1.54, 1.807) is 0 Å². The lowest BCUT2D eigenvalue weighted by Crippen LogP contribution is -2.37. The minimum atomic E-state index is 0.439. The van der Waals surface area contributed by atoms with Gasteiger partial charge in [0.15, 0.2) is 0 Å². The zero-order chi connectivity index (χ0) is 9.84. The highest BCUT2D eigenvalue weighted by atomic mass is 15.1. The largest absolute Gasteiger partial charge is 0.301 e. The summed E-state index contributed by atoms with van der Waals surface area (Å²) in [5, 5.41) is 0. The smallest absolute Gasteiger partial charge is 0.0700 e. The second-order valence-corrected chi connectivity index (χ2v) is 4.69. The van der Waals surface area contributed by atoms with Crippen LogP contribution in [0.15, 0.2) is 0 Å². The van der Waals surface area contributed by atoms with E-state index in [0.717, 1.165) is 6.04 Å². The van der Waals surface area contributed by atoms with Gasteiger partial charge in [0.25, 0.3) is 0 Å². The van der Waals surface area contributed by atoms with Crippen LogP contribution in [0.2, 0.25) is 5.82 Å². The lowest BCUT2D eigenvalue weighted by Gasteiger charge is -2.31. The molecule has 13 heavy (non-hydrogen) atoms. The van der Waals surface area contributed by atoms with Gasteiger partial charge in [0.05, 0.1) is 7.85 Å². The lowest BCUT2D eigenvalue weighted by molar-refractivity contribution is 0.178. The molecule has 0 saturated heterocycles. The maximum atomic E-state index is 6.04. The van der Waals surface area contributed by atoms with Crippen LogP contribution in [0.4, 0.5) is 0 Å². The molecule has 0 N–H and O–H groups in total. The maximum Gasteiger partial charge on any atom is 0.0700 e. The molecule has 2 radical (unpaired) electrons. The summed E-state index contributed by atoms with van der Waals surface area (Å²) in [5.41, 5.74) is 0. The zero-order valence-electron chi connectivity index (χ0n) is 9.29. The van der Waals surface area contributed by atoms with Crippen LogP contribution >= 0.6 is 0 Å². The van der Waals surface area contributed by atoms with Gasteiger partial charge in [-0.2, -0.15) is 0 Å². The van der Waals surface area contributed by atoms with Crippen molar-refractivity contribution in [3.05, 3.63) is 0 Å². The van der Waals surface area contributed by atoms with Crippen LogP contribution in [0, 0.1) is 0 Å². The van der Waals surface area contributed by atoms with Crippen molar-refractivity contribution in [1.29, 1.82) is 0 Å². The Morgan fingerprint density at radius 2 is 1.85 bits per heavy atom. The minimum absolute atomic E-state index is 0.439. The number of hydrogen-bond donors (Lipinski definition) is 0. The first-order valence-corrected chi connectivity index (χ1v) is 5.58. The molecular weight excluding hydrogens is 157 g/mol. The summed E-state index contributed by atoms with van der Waals surface area (Å²) in [6.45, 7) is 4.52. The van der Waals surface area contributed by atoms with Gasteiger partial charge in [-0.1, -0.05) is 25.1 Å². The first-order chi connectivity index (χ1) is 6.11. The molecule has 0 aromatic rings. The Kier molecular flexibility index (Phi) is 4.31. The van der Waals surface area contributed by atoms with Gasteiger partial charge in [-0.25, -0.2) is 0 Å². The molecule has 1 rings (SSSR count). The van der Waals surface area contributed by atoms with E-state index in [-0.39, 0.29) is 0 Å². The number of hydrogen-bond acceptors (Lipinski definition) is 1. The van der Waals surface area contributed by atoms with Gasteiger partial charge in [0.2, 0.25) is 0 Å². The Morgan fingerprint density at radius 3 is 2.46 bits per heavy atom. The highest BCUT2D eigenvalue weighted by Gasteiger charge is 2.21. The van der Waals surface area contributed by atoms with Crippen LogP contribution in [0.25, 0.3) is 0 Å². The first kappa shape index (κ1) is 11.1. The molecule has 1 nitrogen and oxygen atoms in total. The summed E-state index contributed by atoms with van der Waals surface area (Å²) in [5.74, 6) is 0.439. The van der Waals surface area contributed by atoms with E-state index in [0.29, 0.717) is 11.9 Å². The van der Waals surface area contributed by atoms with Crippen LogP contribution in [0.3, 0.4) is 0 Å². The van der Waals surface area contributed by atoms with Crippen LogP contribution < -0.4 is 0 Å². The molecule has 0 amide bonds. The predicted octanol–water partition coefficient (Wildman–Crippen LogP) is 2.62. The molecular formula is C11H22BN. The minimum Gasteiger partial charge on any atom is -0.301 e. The molecule has 0 aliphatic heterocycles. The summed E-state index contributed by atoms with van der Waals surface area (Å²) in [4.78, 5) is 2.48. The van der Waals surface area contributed by atoms with Crippen molar-refractivity contribution in [3.63, 3.8) is 0 Å². The van der Waals surface area contributed by atoms with Crippen LogP contribution in [0.1, 0.15) is 46.0 Å². The monoisotopic (exact) mass is 179 g/mol. The van der Waals surface area contributed by atoms with Crippen molar-refractivity contribution in [2.75, 3.05) is 7.05 Å². The van der Waals surface area contributed by atoms with Crippen LogP contribution in [-0.2, 0) is 0 Å². The third-order valence-electron chi connectivity index (χ3n) is 3.33. The van der Waals surface area contributed by atoms with Gasteiger partial charge in [-0.3, -0.25) is 0 Å². The summed E-state index contributed by atoms with van der Waals surface area (Å²) in [6, 6.07) is 1.37. The summed E-state index contributed by atoms with van der Waals surface area (Å²) < 4.78 is 0. The fourth-order valence-corrected chi connectivity index (χ4v) is 2.16. The molecule has 0 aromatic heterocycles. The molecule has 0 spiro atoms. The van der Waals surface area contributed by atoms with Crippen molar-refractivity contribution in [2.45, 2.75) is 63.9 Å². The summed E-state index contributed by atoms with van der Waals surface area (Å²) in [6.07, 6.45) is 6.43. The van der Waals surface area contributed by atoms with Gasteiger partial charge in [0, 0.05) is 12.1 Å². The summed E-state index contributed by atoms with van der Waals surface area (Å²) in [7, 11) is 8.27. The van der Waals surface area contributed by atoms with E-state index >= 15 is 0 Å². The average Bonchev–Trinajstić information content (AvgIpc) is 2.28. The topological polar surface area (TPSA) is 3.24 Å². The predicted molar refractivity (Wildman–Crippen MR) is 59.3 cm³/mol. The van der Waals surface area contributed by atoms with E-state index in [1.165, 1.54) is 32.1 Å². The van der Waals surface area contributed by atoms with Gasteiger partial charge in [0.1, 0.15) is 0 Å². The van der Waals surface area contributed by atoms with Gasteiger partial charge in [-0.05, 0) is 33.7 Å². The second-order valence-electron chi connectivity index (χ2n) is 4.69. The highest BCUT2D eigenvalue weighted by Crippen LogP contribution is 2.28. The third kappa shape index (κ3) is 3.34. The fourth-order valence-electron chi connectivity index (χ4n) is 2.16. The Labute approximate surface area is 84.3 Å². The van der Waals surface area contributed by atoms with E-state index in [4.69, 9.17) is 7.85 Å². The molecule has 1 fully saturated rings. The van der Waals surface area contributed by atoms with E-state index in [2.05, 4.69) is 25.8 Å². The van der Waals surface area contributed by atoms with Crippen molar-refractivity contribution < 1.29 is 0 Å². The Bertz CT molecular complexity index is 147. The van der Waals surface area contributed by atoms with Crippen LogP contribution in [0.5, 0.6) is 0 Å². The van der Waals surface area contributed by atoms with Crippen molar-refractivity contribution in [3.8, 4) is 0 Å². The quantitative estimate of drug-likeness (QED) is 0.465. The SMILES string of the molecule is [B][C@H]1CCCC[C@H](N(C)C(C)C)C1. The Hall–Kier alpha value is 0.0249. The number of rotatable bonds is 2. The second kappa shape index (κ2) is 5.04. The van der Waals surface area contributed by atoms with Crippen LogP contribution in [-0.4, -0.2) is 31.9 Å². The summed E-state index contributed by atoms with van der Waals surface area (Å²) >= 11 is 0. The molecule has 0 bridgehead atoms. The van der Waals surface area contributed by atoms with E-state index < -0.39 is 0 Å². The van der Waals surface area contributed by atoms with Crippen molar-refractivity contribution >= 4 is 7.85 Å². The molecule has 1 saturated carbocycles. The van der Waals surface area contributed by atoms with E-state index in [9.17, 15) is 0 Å². The van der Waals surface area contributed by atoms with E-state index in [1.807, 2.05) is 0 Å². The molecule has 0 heterocycles. The standard InChI is InChI=1S/C11H22BN/c1-9(2)13(3)11-7-5-4-6-10(12)8-11/h9-11H,4-8H2,1-3H3/t10-,11-/m0/s1. The molecule has 2 heteroatoms. The molecule has 74 valence electrons. The molecule has 0 unspecified atom stereocenters. The third-order valence-corrected chi connectivity index (χ3v) is 3.33.